The van der Waals surface area contributed by atoms with Crippen LogP contribution in [0.15, 0.2) is 83.8 Å². The van der Waals surface area contributed by atoms with Gasteiger partial charge in [0.1, 0.15) is 6.61 Å². The molecule has 28 heavy (non-hydrogen) atoms. The van der Waals surface area contributed by atoms with Crippen LogP contribution in [0.1, 0.15) is 16.7 Å². The monoisotopic (exact) mass is 391 g/mol. The average molecular weight is 391 g/mol. The molecular weight excluding hydrogens is 370 g/mol. The highest BCUT2D eigenvalue weighted by molar-refractivity contribution is 7.92. The lowest BCUT2D eigenvalue weighted by atomic mass is 10.2. The number of hydrogen-bond acceptors (Lipinski definition) is 3. The van der Waals surface area contributed by atoms with Crippen molar-refractivity contribution in [3.8, 4) is 11.8 Å². The summed E-state index contributed by atoms with van der Waals surface area (Å²) in [5.74, 6) is 5.92. The fourth-order valence-corrected chi connectivity index (χ4v) is 3.61. The molecule has 0 unspecified atom stereocenters. The SMILES string of the molecule is Cc1ccc(S(=O)(=O)Nc2ccccc2C#CCOCc2ccccc2)cc1. The van der Waals surface area contributed by atoms with Gasteiger partial charge in [-0.25, -0.2) is 8.42 Å². The zero-order valence-corrected chi connectivity index (χ0v) is 16.4. The van der Waals surface area contributed by atoms with E-state index in [2.05, 4.69) is 16.6 Å². The van der Waals surface area contributed by atoms with Crippen LogP contribution in [0, 0.1) is 18.8 Å². The predicted molar refractivity (Wildman–Crippen MR) is 111 cm³/mol. The summed E-state index contributed by atoms with van der Waals surface area (Å²) in [5, 5.41) is 0. The summed E-state index contributed by atoms with van der Waals surface area (Å²) in [5.41, 5.74) is 3.12. The molecule has 0 aliphatic rings. The maximum atomic E-state index is 12.6. The van der Waals surface area contributed by atoms with Gasteiger partial charge >= 0.3 is 0 Å². The smallest absolute Gasteiger partial charge is 0.261 e. The lowest BCUT2D eigenvalue weighted by Crippen LogP contribution is -2.13. The Balaban J connectivity index is 1.67. The molecule has 0 amide bonds. The summed E-state index contributed by atoms with van der Waals surface area (Å²) in [6.07, 6.45) is 0. The predicted octanol–water partition coefficient (Wildman–Crippen LogP) is 4.36. The third-order valence-corrected chi connectivity index (χ3v) is 5.39. The Labute approximate surface area is 166 Å². The first-order valence-corrected chi connectivity index (χ1v) is 10.3. The molecule has 0 bridgehead atoms. The van der Waals surface area contributed by atoms with E-state index in [0.29, 0.717) is 17.9 Å². The molecule has 142 valence electrons. The lowest BCUT2D eigenvalue weighted by Gasteiger charge is -2.10. The van der Waals surface area contributed by atoms with Gasteiger partial charge in [-0.2, -0.15) is 0 Å². The van der Waals surface area contributed by atoms with E-state index in [1.54, 1.807) is 42.5 Å². The molecule has 0 fully saturated rings. The number of benzene rings is 3. The number of ether oxygens (including phenoxy) is 1. The van der Waals surface area contributed by atoms with Crippen molar-refractivity contribution in [3.05, 3.63) is 95.6 Å². The fourth-order valence-electron chi connectivity index (χ4n) is 2.53. The van der Waals surface area contributed by atoms with Crippen molar-refractivity contribution in [3.63, 3.8) is 0 Å². The van der Waals surface area contributed by atoms with E-state index in [-0.39, 0.29) is 11.5 Å². The number of rotatable bonds is 6. The van der Waals surface area contributed by atoms with Crippen molar-refractivity contribution in [1.29, 1.82) is 0 Å². The second kappa shape index (κ2) is 9.23. The van der Waals surface area contributed by atoms with Crippen molar-refractivity contribution in [2.75, 3.05) is 11.3 Å². The first-order chi connectivity index (χ1) is 13.5. The molecule has 0 radical (unpaired) electrons. The molecule has 3 rings (SSSR count). The van der Waals surface area contributed by atoms with Gasteiger partial charge in [-0.1, -0.05) is 72.0 Å². The number of nitrogens with one attached hydrogen (secondary N) is 1. The summed E-state index contributed by atoms with van der Waals surface area (Å²) in [6, 6.07) is 23.6. The Morgan fingerprint density at radius 2 is 1.57 bits per heavy atom. The molecular formula is C23H21NO3S. The van der Waals surface area contributed by atoms with Gasteiger partial charge < -0.3 is 4.74 Å². The second-order valence-corrected chi connectivity index (χ2v) is 7.93. The number of hydrogen-bond donors (Lipinski definition) is 1. The van der Waals surface area contributed by atoms with E-state index in [1.807, 2.05) is 43.3 Å². The Bertz CT molecular complexity index is 1080. The topological polar surface area (TPSA) is 55.4 Å². The van der Waals surface area contributed by atoms with Crippen LogP contribution in [0.4, 0.5) is 5.69 Å². The van der Waals surface area contributed by atoms with E-state index in [4.69, 9.17) is 4.74 Å². The van der Waals surface area contributed by atoms with Gasteiger partial charge in [-0.05, 0) is 36.8 Å². The molecule has 0 heterocycles. The summed E-state index contributed by atoms with van der Waals surface area (Å²) in [6.45, 7) is 2.65. The molecule has 0 aliphatic carbocycles. The minimum Gasteiger partial charge on any atom is -0.364 e. The average Bonchev–Trinajstić information content (AvgIpc) is 2.70. The van der Waals surface area contributed by atoms with E-state index < -0.39 is 10.0 Å². The minimum atomic E-state index is -3.67. The van der Waals surface area contributed by atoms with Crippen LogP contribution in [0.2, 0.25) is 0 Å². The van der Waals surface area contributed by atoms with E-state index >= 15 is 0 Å². The van der Waals surface area contributed by atoms with Gasteiger partial charge in [-0.3, -0.25) is 4.72 Å². The van der Waals surface area contributed by atoms with Crippen molar-refractivity contribution >= 4 is 15.7 Å². The van der Waals surface area contributed by atoms with Gasteiger partial charge in [0.05, 0.1) is 17.2 Å². The molecule has 0 atom stereocenters. The van der Waals surface area contributed by atoms with Gasteiger partial charge in [-0.15, -0.1) is 0 Å². The molecule has 0 aliphatic heterocycles. The van der Waals surface area contributed by atoms with Crippen LogP contribution in [0.25, 0.3) is 0 Å². The normalized spacial score (nSPS) is 10.8. The molecule has 0 saturated carbocycles. The van der Waals surface area contributed by atoms with Crippen LogP contribution < -0.4 is 4.72 Å². The third kappa shape index (κ3) is 5.46. The van der Waals surface area contributed by atoms with Crippen molar-refractivity contribution in [2.45, 2.75) is 18.4 Å². The van der Waals surface area contributed by atoms with Crippen LogP contribution in [-0.2, 0) is 21.4 Å². The van der Waals surface area contributed by atoms with E-state index in [0.717, 1.165) is 11.1 Å². The zero-order valence-electron chi connectivity index (χ0n) is 15.6. The molecule has 3 aromatic rings. The summed E-state index contributed by atoms with van der Waals surface area (Å²) in [4.78, 5) is 0.215. The Morgan fingerprint density at radius 1 is 0.893 bits per heavy atom. The van der Waals surface area contributed by atoms with Gasteiger partial charge in [0.15, 0.2) is 0 Å². The van der Waals surface area contributed by atoms with Gasteiger partial charge in [0.25, 0.3) is 10.0 Å². The summed E-state index contributed by atoms with van der Waals surface area (Å²) in [7, 11) is -3.67. The van der Waals surface area contributed by atoms with Crippen molar-refractivity contribution < 1.29 is 13.2 Å². The number of sulfonamides is 1. The van der Waals surface area contributed by atoms with Crippen LogP contribution >= 0.6 is 0 Å². The lowest BCUT2D eigenvalue weighted by molar-refractivity contribution is 0.153. The Kier molecular flexibility index (Phi) is 6.49. The summed E-state index contributed by atoms with van der Waals surface area (Å²) < 4.78 is 33.4. The Morgan fingerprint density at radius 3 is 2.32 bits per heavy atom. The molecule has 3 aromatic carbocycles. The van der Waals surface area contributed by atoms with Crippen molar-refractivity contribution in [1.82, 2.24) is 0 Å². The highest BCUT2D eigenvalue weighted by Crippen LogP contribution is 2.19. The molecule has 0 aromatic heterocycles. The molecule has 1 N–H and O–H groups in total. The Hall–Kier alpha value is -3.07. The molecule has 4 nitrogen and oxygen atoms in total. The summed E-state index contributed by atoms with van der Waals surface area (Å²) >= 11 is 0. The highest BCUT2D eigenvalue weighted by atomic mass is 32.2. The van der Waals surface area contributed by atoms with Gasteiger partial charge in [0.2, 0.25) is 0 Å². The molecule has 5 heteroatoms. The maximum absolute atomic E-state index is 12.6. The van der Waals surface area contributed by atoms with Crippen LogP contribution in [0.3, 0.4) is 0 Å². The standard InChI is InChI=1S/C23H21NO3S/c1-19-13-15-22(16-14-19)28(25,26)24-23-12-6-5-10-21(23)11-7-17-27-18-20-8-3-2-4-9-20/h2-6,8-10,12-16,24H,17-18H2,1H3. The third-order valence-electron chi connectivity index (χ3n) is 4.01. The fraction of sp³-hybridized carbons (Fsp3) is 0.130. The van der Waals surface area contributed by atoms with E-state index in [9.17, 15) is 8.42 Å². The first-order valence-electron chi connectivity index (χ1n) is 8.84. The first kappa shape index (κ1) is 19.7. The highest BCUT2D eigenvalue weighted by Gasteiger charge is 2.15. The number of anilines is 1. The number of aryl methyl sites for hydroxylation is 1. The number of para-hydroxylation sites is 1. The van der Waals surface area contributed by atoms with Crippen LogP contribution in [0.5, 0.6) is 0 Å². The second-order valence-electron chi connectivity index (χ2n) is 6.24. The van der Waals surface area contributed by atoms with Crippen LogP contribution in [-0.4, -0.2) is 15.0 Å². The largest absolute Gasteiger partial charge is 0.364 e. The van der Waals surface area contributed by atoms with E-state index in [1.165, 1.54) is 0 Å². The zero-order chi connectivity index (χ0) is 19.8. The molecule has 0 spiro atoms. The van der Waals surface area contributed by atoms with Gasteiger partial charge in [0, 0.05) is 5.56 Å². The minimum absolute atomic E-state index is 0.215. The maximum Gasteiger partial charge on any atom is 0.261 e. The van der Waals surface area contributed by atoms with Crippen molar-refractivity contribution in [2.24, 2.45) is 0 Å². The quantitative estimate of drug-likeness (QED) is 0.502. The molecule has 0 saturated heterocycles.